The molecule has 0 radical (unpaired) electrons. The van der Waals surface area contributed by atoms with E-state index in [-0.39, 0.29) is 24.2 Å². The fraction of sp³-hybridized carbons (Fsp3) is 0.333. The van der Waals surface area contributed by atoms with E-state index in [0.29, 0.717) is 26.1 Å². The highest BCUT2D eigenvalue weighted by molar-refractivity contribution is 7.09. The molecule has 0 N–H and O–H groups in total. The molecule has 1 aromatic heterocycles. The van der Waals surface area contributed by atoms with E-state index in [0.717, 1.165) is 16.9 Å². The van der Waals surface area contributed by atoms with Gasteiger partial charge in [-0.05, 0) is 35.6 Å². The van der Waals surface area contributed by atoms with Crippen LogP contribution >= 0.6 is 11.3 Å². The molecule has 0 spiro atoms. The van der Waals surface area contributed by atoms with Gasteiger partial charge < -0.3 is 9.80 Å². The van der Waals surface area contributed by atoms with Crippen LogP contribution in [0.2, 0.25) is 0 Å². The van der Waals surface area contributed by atoms with Gasteiger partial charge in [0, 0.05) is 24.4 Å². The van der Waals surface area contributed by atoms with Crippen LogP contribution in [0.4, 0.5) is 4.39 Å². The minimum atomic E-state index is -0.308. The molecule has 0 atom stereocenters. The van der Waals surface area contributed by atoms with E-state index in [4.69, 9.17) is 0 Å². The quantitative estimate of drug-likeness (QED) is 0.572. The van der Waals surface area contributed by atoms with E-state index >= 15 is 0 Å². The van der Waals surface area contributed by atoms with Gasteiger partial charge in [0.2, 0.25) is 11.8 Å². The van der Waals surface area contributed by atoms with Gasteiger partial charge in [-0.3, -0.25) is 9.59 Å². The number of carbonyl (C=O) groups excluding carboxylic acids is 2. The van der Waals surface area contributed by atoms with Crippen molar-refractivity contribution in [3.63, 3.8) is 0 Å². The molecule has 6 heteroatoms. The van der Waals surface area contributed by atoms with E-state index in [1.807, 2.05) is 24.4 Å². The molecule has 0 bridgehead atoms. The van der Waals surface area contributed by atoms with E-state index in [1.54, 1.807) is 34.4 Å². The fourth-order valence-corrected chi connectivity index (χ4v) is 3.40. The molecule has 2 aromatic rings. The lowest BCUT2D eigenvalue weighted by atomic mass is 10.2. The lowest BCUT2D eigenvalue weighted by Gasteiger charge is -2.27. The maximum atomic E-state index is 13.2. The predicted molar refractivity (Wildman–Crippen MR) is 107 cm³/mol. The molecule has 27 heavy (non-hydrogen) atoms. The summed E-state index contributed by atoms with van der Waals surface area (Å²) in [5.41, 5.74) is 0.844. The van der Waals surface area contributed by atoms with Crippen molar-refractivity contribution in [2.45, 2.75) is 32.9 Å². The average Bonchev–Trinajstić information content (AvgIpc) is 3.16. The van der Waals surface area contributed by atoms with Crippen LogP contribution in [0.5, 0.6) is 0 Å². The summed E-state index contributed by atoms with van der Waals surface area (Å²) in [5, 5.41) is 1.96. The summed E-state index contributed by atoms with van der Waals surface area (Å²) in [6.45, 7) is 6.78. The Bertz CT molecular complexity index is 744. The van der Waals surface area contributed by atoms with Crippen molar-refractivity contribution in [2.75, 3.05) is 13.1 Å². The number of hydrogen-bond donors (Lipinski definition) is 0. The molecule has 0 aliphatic carbocycles. The van der Waals surface area contributed by atoms with Crippen LogP contribution in [0.1, 0.15) is 30.2 Å². The minimum Gasteiger partial charge on any atom is -0.332 e. The maximum Gasteiger partial charge on any atom is 0.242 e. The van der Waals surface area contributed by atoms with Gasteiger partial charge in [-0.25, -0.2) is 4.39 Å². The second-order valence-electron chi connectivity index (χ2n) is 6.27. The number of rotatable bonds is 10. The van der Waals surface area contributed by atoms with Crippen molar-refractivity contribution >= 4 is 23.2 Å². The Balaban J connectivity index is 2.14. The summed E-state index contributed by atoms with van der Waals surface area (Å²) < 4.78 is 13.2. The molecular formula is C21H25FN2O2S. The largest absolute Gasteiger partial charge is 0.332 e. The highest BCUT2D eigenvalue weighted by atomic mass is 32.1. The molecule has 0 fully saturated rings. The van der Waals surface area contributed by atoms with Gasteiger partial charge in [0.25, 0.3) is 0 Å². The van der Waals surface area contributed by atoms with Crippen molar-refractivity contribution in [1.29, 1.82) is 0 Å². The van der Waals surface area contributed by atoms with Crippen LogP contribution in [0.15, 0.2) is 54.4 Å². The normalized spacial score (nSPS) is 10.4. The molecule has 0 aliphatic rings. The van der Waals surface area contributed by atoms with Crippen molar-refractivity contribution in [3.8, 4) is 0 Å². The highest BCUT2D eigenvalue weighted by Crippen LogP contribution is 2.16. The third-order valence-corrected chi connectivity index (χ3v) is 4.92. The number of carbonyl (C=O) groups is 2. The lowest BCUT2D eigenvalue weighted by Crippen LogP contribution is -2.42. The SMILES string of the molecule is C=CCN(CC(=O)N(Cc1ccc(F)cc1)Cc1cccs1)C(=O)CCC. The first-order valence-corrected chi connectivity index (χ1v) is 9.84. The Morgan fingerprint density at radius 2 is 1.85 bits per heavy atom. The highest BCUT2D eigenvalue weighted by Gasteiger charge is 2.21. The van der Waals surface area contributed by atoms with Gasteiger partial charge in [0.1, 0.15) is 12.4 Å². The summed E-state index contributed by atoms with van der Waals surface area (Å²) in [4.78, 5) is 29.5. The first-order valence-electron chi connectivity index (χ1n) is 8.96. The standard InChI is InChI=1S/C21H25FN2O2S/c1-3-6-20(25)23(12-4-2)16-21(26)24(15-19-7-5-13-27-19)14-17-8-10-18(22)11-9-17/h4-5,7-11,13H,2-3,6,12,14-16H2,1H3. The van der Waals surface area contributed by atoms with E-state index in [1.165, 1.54) is 17.0 Å². The van der Waals surface area contributed by atoms with Crippen LogP contribution in [0.25, 0.3) is 0 Å². The summed E-state index contributed by atoms with van der Waals surface area (Å²) in [6.07, 6.45) is 2.77. The van der Waals surface area contributed by atoms with Gasteiger partial charge >= 0.3 is 0 Å². The number of amides is 2. The zero-order valence-electron chi connectivity index (χ0n) is 15.6. The molecular weight excluding hydrogens is 363 g/mol. The van der Waals surface area contributed by atoms with Crippen molar-refractivity contribution in [2.24, 2.45) is 0 Å². The predicted octanol–water partition coefficient (Wildman–Crippen LogP) is 4.23. The molecule has 0 aliphatic heterocycles. The van der Waals surface area contributed by atoms with Gasteiger partial charge in [0.05, 0.1) is 6.54 Å². The van der Waals surface area contributed by atoms with Crippen LogP contribution in [0, 0.1) is 5.82 Å². The molecule has 144 valence electrons. The topological polar surface area (TPSA) is 40.6 Å². The molecule has 2 rings (SSSR count). The first kappa shape index (κ1) is 20.8. The number of thiophene rings is 1. The summed E-state index contributed by atoms with van der Waals surface area (Å²) in [7, 11) is 0. The zero-order chi connectivity index (χ0) is 19.6. The van der Waals surface area contributed by atoms with Crippen LogP contribution < -0.4 is 0 Å². The van der Waals surface area contributed by atoms with Gasteiger partial charge in [-0.2, -0.15) is 0 Å². The fourth-order valence-electron chi connectivity index (χ4n) is 2.68. The van der Waals surface area contributed by atoms with E-state index in [9.17, 15) is 14.0 Å². The Labute approximate surface area is 163 Å². The smallest absolute Gasteiger partial charge is 0.242 e. The third-order valence-electron chi connectivity index (χ3n) is 4.06. The lowest BCUT2D eigenvalue weighted by molar-refractivity contribution is -0.140. The molecule has 1 aromatic carbocycles. The maximum absolute atomic E-state index is 13.2. The monoisotopic (exact) mass is 388 g/mol. The molecule has 0 saturated carbocycles. The van der Waals surface area contributed by atoms with E-state index in [2.05, 4.69) is 6.58 Å². The van der Waals surface area contributed by atoms with Crippen LogP contribution in [-0.2, 0) is 22.7 Å². The third kappa shape index (κ3) is 6.64. The minimum absolute atomic E-state index is 0.0113. The zero-order valence-corrected chi connectivity index (χ0v) is 16.4. The molecule has 0 unspecified atom stereocenters. The summed E-state index contributed by atoms with van der Waals surface area (Å²) in [6, 6.07) is 10.0. The summed E-state index contributed by atoms with van der Waals surface area (Å²) in [5.74, 6) is -0.500. The van der Waals surface area contributed by atoms with Gasteiger partial charge in [0.15, 0.2) is 0 Å². The molecule has 4 nitrogen and oxygen atoms in total. The first-order chi connectivity index (χ1) is 13.0. The summed E-state index contributed by atoms with van der Waals surface area (Å²) >= 11 is 1.57. The number of benzene rings is 1. The number of nitrogens with zero attached hydrogens (tertiary/aromatic N) is 2. The number of hydrogen-bond acceptors (Lipinski definition) is 3. The second kappa shape index (κ2) is 10.6. The van der Waals surface area contributed by atoms with Gasteiger partial charge in [-0.15, -0.1) is 17.9 Å². The average molecular weight is 389 g/mol. The van der Waals surface area contributed by atoms with Crippen molar-refractivity contribution in [1.82, 2.24) is 9.80 Å². The Hall–Kier alpha value is -2.47. The van der Waals surface area contributed by atoms with Crippen LogP contribution in [-0.4, -0.2) is 34.7 Å². The van der Waals surface area contributed by atoms with Gasteiger partial charge in [-0.1, -0.05) is 31.2 Å². The van der Waals surface area contributed by atoms with Crippen LogP contribution in [0.3, 0.4) is 0 Å². The number of halogens is 1. The Kier molecular flexibility index (Phi) is 8.20. The van der Waals surface area contributed by atoms with Crippen molar-refractivity contribution in [3.05, 3.63) is 70.7 Å². The second-order valence-corrected chi connectivity index (χ2v) is 7.30. The van der Waals surface area contributed by atoms with Crippen molar-refractivity contribution < 1.29 is 14.0 Å². The molecule has 0 saturated heterocycles. The molecule has 1 heterocycles. The Morgan fingerprint density at radius 1 is 1.11 bits per heavy atom. The molecule has 2 amide bonds. The Morgan fingerprint density at radius 3 is 2.44 bits per heavy atom. The van der Waals surface area contributed by atoms with E-state index < -0.39 is 0 Å².